The molecular formula is C14H22IN3O2S. The zero-order valence-corrected chi connectivity index (χ0v) is 15.5. The van der Waals surface area contributed by atoms with Crippen LogP contribution in [-0.2, 0) is 0 Å². The lowest BCUT2D eigenvalue weighted by Gasteiger charge is -2.13. The van der Waals surface area contributed by atoms with Crippen molar-refractivity contribution in [3.05, 3.63) is 18.2 Å². The van der Waals surface area contributed by atoms with Crippen LogP contribution in [0.3, 0.4) is 0 Å². The Hall–Kier alpha value is -0.830. The maximum atomic E-state index is 5.67. The van der Waals surface area contributed by atoms with Gasteiger partial charge in [0, 0.05) is 37.5 Å². The van der Waals surface area contributed by atoms with E-state index < -0.39 is 0 Å². The van der Waals surface area contributed by atoms with Crippen molar-refractivity contribution in [2.24, 2.45) is 4.99 Å². The molecule has 0 fully saturated rings. The lowest BCUT2D eigenvalue weighted by Crippen LogP contribution is -2.32. The van der Waals surface area contributed by atoms with Crippen LogP contribution in [0.2, 0.25) is 0 Å². The predicted octanol–water partition coefficient (Wildman–Crippen LogP) is 2.82. The van der Waals surface area contributed by atoms with Crippen molar-refractivity contribution in [2.45, 2.75) is 6.42 Å². The minimum atomic E-state index is 0. The normalized spacial score (nSPS) is 13.9. The molecule has 0 unspecified atom stereocenters. The Labute approximate surface area is 147 Å². The molecule has 0 spiro atoms. The number of anilines is 1. The van der Waals surface area contributed by atoms with Crippen molar-refractivity contribution in [1.29, 1.82) is 0 Å². The molecule has 118 valence electrons. The monoisotopic (exact) mass is 423 g/mol. The zero-order chi connectivity index (χ0) is 14.2. The molecule has 2 N–H and O–H groups in total. The van der Waals surface area contributed by atoms with E-state index in [-0.39, 0.29) is 24.0 Å². The fraction of sp³-hybridized carbons (Fsp3) is 0.500. The van der Waals surface area contributed by atoms with Gasteiger partial charge in [-0.05, 0) is 18.4 Å². The van der Waals surface area contributed by atoms with Gasteiger partial charge in [-0.25, -0.2) is 0 Å². The van der Waals surface area contributed by atoms with Gasteiger partial charge in [-0.1, -0.05) is 0 Å². The Morgan fingerprint density at radius 3 is 2.76 bits per heavy atom. The quantitative estimate of drug-likeness (QED) is 0.338. The largest absolute Gasteiger partial charge is 0.490 e. The van der Waals surface area contributed by atoms with Crippen LogP contribution >= 0.6 is 35.7 Å². The number of thioether (sulfide) groups is 1. The molecular weight excluding hydrogens is 401 g/mol. The third-order valence-electron chi connectivity index (χ3n) is 2.83. The number of nitrogens with one attached hydrogen (secondary N) is 2. The molecule has 0 radical (unpaired) electrons. The fourth-order valence-electron chi connectivity index (χ4n) is 1.83. The summed E-state index contributed by atoms with van der Waals surface area (Å²) in [6.45, 7) is 2.28. The maximum Gasteiger partial charge on any atom is 0.195 e. The third-order valence-corrected chi connectivity index (χ3v) is 3.44. The summed E-state index contributed by atoms with van der Waals surface area (Å²) in [5.74, 6) is 3.39. The molecule has 21 heavy (non-hydrogen) atoms. The average molecular weight is 423 g/mol. The topological polar surface area (TPSA) is 54.9 Å². The molecule has 1 aliphatic rings. The number of hydrogen-bond acceptors (Lipinski definition) is 4. The first-order chi connectivity index (χ1) is 9.83. The van der Waals surface area contributed by atoms with E-state index in [1.807, 2.05) is 18.2 Å². The summed E-state index contributed by atoms with van der Waals surface area (Å²) in [5.41, 5.74) is 0.937. The van der Waals surface area contributed by atoms with Crippen LogP contribution in [0.4, 0.5) is 5.69 Å². The van der Waals surface area contributed by atoms with E-state index in [9.17, 15) is 0 Å². The lowest BCUT2D eigenvalue weighted by atomic mass is 10.3. The number of guanidine groups is 1. The van der Waals surface area contributed by atoms with Crippen LogP contribution in [0.25, 0.3) is 0 Å². The van der Waals surface area contributed by atoms with E-state index in [4.69, 9.17) is 9.47 Å². The maximum absolute atomic E-state index is 5.67. The van der Waals surface area contributed by atoms with Crippen molar-refractivity contribution in [1.82, 2.24) is 5.32 Å². The van der Waals surface area contributed by atoms with Crippen molar-refractivity contribution in [2.75, 3.05) is 44.1 Å². The average Bonchev–Trinajstić information content (AvgIpc) is 2.71. The molecule has 0 amide bonds. The summed E-state index contributed by atoms with van der Waals surface area (Å²) in [7, 11) is 1.76. The first-order valence-corrected chi connectivity index (χ1v) is 8.09. The number of aliphatic imine (C=N–C) groups is 1. The molecule has 0 aliphatic carbocycles. The van der Waals surface area contributed by atoms with Crippen LogP contribution in [-0.4, -0.2) is 44.8 Å². The molecule has 1 aromatic carbocycles. The van der Waals surface area contributed by atoms with E-state index in [2.05, 4.69) is 21.9 Å². The van der Waals surface area contributed by atoms with Gasteiger partial charge in [-0.2, -0.15) is 11.8 Å². The van der Waals surface area contributed by atoms with Gasteiger partial charge in [0.2, 0.25) is 0 Å². The van der Waals surface area contributed by atoms with Crippen molar-refractivity contribution >= 4 is 47.4 Å². The van der Waals surface area contributed by atoms with E-state index in [1.54, 1.807) is 18.8 Å². The van der Waals surface area contributed by atoms with E-state index in [0.29, 0.717) is 13.2 Å². The van der Waals surface area contributed by atoms with Crippen molar-refractivity contribution < 1.29 is 9.47 Å². The molecule has 0 saturated heterocycles. The van der Waals surface area contributed by atoms with E-state index >= 15 is 0 Å². The number of benzene rings is 1. The summed E-state index contributed by atoms with van der Waals surface area (Å²) in [6.07, 6.45) is 3.00. The number of ether oxygens (including phenoxy) is 2. The SMILES string of the molecule is CN=C(NCCSC)Nc1ccc2c(c1)OCCCO2.I. The summed E-state index contributed by atoms with van der Waals surface area (Å²) in [4.78, 5) is 4.20. The minimum absolute atomic E-state index is 0. The standard InChI is InChI=1S/C14H21N3O2S.HI/c1-15-14(16-6-9-20-2)17-11-4-5-12-13(10-11)19-8-3-7-18-12;/h4-5,10H,3,6-9H2,1-2H3,(H2,15,16,17);1H. The number of hydrogen-bond donors (Lipinski definition) is 2. The Morgan fingerprint density at radius 2 is 2.05 bits per heavy atom. The Kier molecular flexibility index (Phi) is 8.67. The van der Waals surface area contributed by atoms with Gasteiger partial charge in [0.25, 0.3) is 0 Å². The second-order valence-corrected chi connectivity index (χ2v) is 5.31. The van der Waals surface area contributed by atoms with Gasteiger partial charge in [-0.3, -0.25) is 4.99 Å². The molecule has 0 bridgehead atoms. The van der Waals surface area contributed by atoms with Crippen molar-refractivity contribution in [3.8, 4) is 11.5 Å². The van der Waals surface area contributed by atoms with Crippen LogP contribution in [0.15, 0.2) is 23.2 Å². The van der Waals surface area contributed by atoms with Crippen LogP contribution in [0.5, 0.6) is 11.5 Å². The number of rotatable bonds is 4. The van der Waals surface area contributed by atoms with Gasteiger partial charge >= 0.3 is 0 Å². The highest BCUT2D eigenvalue weighted by Crippen LogP contribution is 2.32. The molecule has 0 saturated carbocycles. The summed E-state index contributed by atoms with van der Waals surface area (Å²) >= 11 is 1.80. The Morgan fingerprint density at radius 1 is 1.29 bits per heavy atom. The molecule has 0 aromatic heterocycles. The highest BCUT2D eigenvalue weighted by atomic mass is 127. The number of halogens is 1. The fourth-order valence-corrected chi connectivity index (χ4v) is 2.13. The smallest absolute Gasteiger partial charge is 0.195 e. The van der Waals surface area contributed by atoms with Crippen LogP contribution in [0.1, 0.15) is 6.42 Å². The third kappa shape index (κ3) is 5.82. The van der Waals surface area contributed by atoms with Gasteiger partial charge in [0.15, 0.2) is 17.5 Å². The van der Waals surface area contributed by atoms with Crippen molar-refractivity contribution in [3.63, 3.8) is 0 Å². The van der Waals surface area contributed by atoms with Gasteiger partial charge in [0.1, 0.15) is 0 Å². The summed E-state index contributed by atoms with van der Waals surface area (Å²) in [5, 5.41) is 6.51. The molecule has 0 atom stereocenters. The predicted molar refractivity (Wildman–Crippen MR) is 101 cm³/mol. The molecule has 2 rings (SSSR count). The molecule has 7 heteroatoms. The Bertz CT molecular complexity index is 472. The highest BCUT2D eigenvalue weighted by Gasteiger charge is 2.11. The van der Waals surface area contributed by atoms with Crippen LogP contribution < -0.4 is 20.1 Å². The van der Waals surface area contributed by atoms with E-state index in [1.165, 1.54) is 0 Å². The van der Waals surface area contributed by atoms with Gasteiger partial charge < -0.3 is 20.1 Å². The molecule has 5 nitrogen and oxygen atoms in total. The number of fused-ring (bicyclic) bond motifs is 1. The molecule has 1 heterocycles. The Balaban J connectivity index is 0.00000220. The molecule has 1 aliphatic heterocycles. The second-order valence-electron chi connectivity index (χ2n) is 4.33. The van der Waals surface area contributed by atoms with Gasteiger partial charge in [0.05, 0.1) is 13.2 Å². The van der Waals surface area contributed by atoms with Crippen LogP contribution in [0, 0.1) is 0 Å². The first-order valence-electron chi connectivity index (χ1n) is 6.69. The zero-order valence-electron chi connectivity index (χ0n) is 12.3. The first kappa shape index (κ1) is 18.2. The van der Waals surface area contributed by atoms with Gasteiger partial charge in [-0.15, -0.1) is 24.0 Å². The highest BCUT2D eigenvalue weighted by molar-refractivity contribution is 14.0. The second kappa shape index (κ2) is 9.99. The number of nitrogens with zero attached hydrogens (tertiary/aromatic N) is 1. The minimum Gasteiger partial charge on any atom is -0.490 e. The molecule has 1 aromatic rings. The summed E-state index contributed by atoms with van der Waals surface area (Å²) in [6, 6.07) is 5.84. The lowest BCUT2D eigenvalue weighted by molar-refractivity contribution is 0.297. The van der Waals surface area contributed by atoms with E-state index in [0.717, 1.165) is 41.9 Å². The summed E-state index contributed by atoms with van der Waals surface area (Å²) < 4.78 is 11.3.